The van der Waals surface area contributed by atoms with Crippen LogP contribution in [0, 0.1) is 0 Å². The van der Waals surface area contributed by atoms with Crippen molar-refractivity contribution in [3.8, 4) is 5.75 Å². The zero-order chi connectivity index (χ0) is 13.5. The first-order chi connectivity index (χ1) is 9.33. The van der Waals surface area contributed by atoms with Gasteiger partial charge in [-0.25, -0.2) is 0 Å². The molecule has 102 valence electrons. The molecule has 1 N–H and O–H groups in total. The Morgan fingerprint density at radius 1 is 1.32 bits per heavy atom. The summed E-state index contributed by atoms with van der Waals surface area (Å²) in [5.74, 6) is 0.810. The maximum Gasteiger partial charge on any atom is 0.136 e. The van der Waals surface area contributed by atoms with Crippen LogP contribution in [0.25, 0.3) is 0 Å². The molecule has 1 heterocycles. The second-order valence-electron chi connectivity index (χ2n) is 3.95. The average molecular weight is 279 g/mol. The Balaban J connectivity index is 1.97. The maximum absolute atomic E-state index is 5.73. The Hall–Kier alpha value is -1.66. The molecule has 0 atom stereocenters. The van der Waals surface area contributed by atoms with Gasteiger partial charge in [0.2, 0.25) is 0 Å². The Kier molecular flexibility index (Phi) is 5.11. The lowest BCUT2D eigenvalue weighted by Crippen LogP contribution is -2.02. The number of benzene rings is 1. The van der Waals surface area contributed by atoms with E-state index in [0.717, 1.165) is 28.6 Å². The zero-order valence-electron chi connectivity index (χ0n) is 11.0. The van der Waals surface area contributed by atoms with Gasteiger partial charge in [0.1, 0.15) is 23.1 Å². The second kappa shape index (κ2) is 7.06. The van der Waals surface area contributed by atoms with E-state index in [1.165, 1.54) is 11.5 Å². The van der Waals surface area contributed by atoms with Crippen molar-refractivity contribution in [3.05, 3.63) is 35.5 Å². The summed E-state index contributed by atoms with van der Waals surface area (Å²) in [6.45, 7) is 3.88. The van der Waals surface area contributed by atoms with Crippen LogP contribution in [0.3, 0.4) is 0 Å². The number of rotatable bonds is 7. The van der Waals surface area contributed by atoms with Crippen LogP contribution in [0.1, 0.15) is 18.2 Å². The third-order valence-corrected chi connectivity index (χ3v) is 3.20. The predicted molar refractivity (Wildman–Crippen MR) is 75.6 cm³/mol. The number of hydrogen-bond acceptors (Lipinski definition) is 6. The van der Waals surface area contributed by atoms with Crippen LogP contribution in [0.5, 0.6) is 5.75 Å². The van der Waals surface area contributed by atoms with Crippen molar-refractivity contribution < 1.29 is 9.47 Å². The number of aromatic nitrogens is 2. The molecule has 6 heteroatoms. The Morgan fingerprint density at radius 3 is 3.00 bits per heavy atom. The lowest BCUT2D eigenvalue weighted by Gasteiger charge is -2.07. The number of nitrogens with one attached hydrogen (secondary N) is 1. The molecule has 1 aromatic carbocycles. The van der Waals surface area contributed by atoms with Gasteiger partial charge in [0.25, 0.3) is 0 Å². The quantitative estimate of drug-likeness (QED) is 0.844. The Morgan fingerprint density at radius 2 is 2.21 bits per heavy atom. The molecule has 2 rings (SSSR count). The van der Waals surface area contributed by atoms with Gasteiger partial charge in [-0.05, 0) is 24.6 Å². The van der Waals surface area contributed by atoms with E-state index in [-0.39, 0.29) is 0 Å². The first-order valence-corrected chi connectivity index (χ1v) is 6.86. The molecule has 0 aliphatic carbocycles. The highest BCUT2D eigenvalue weighted by Crippen LogP contribution is 2.20. The van der Waals surface area contributed by atoms with Gasteiger partial charge in [-0.2, -0.15) is 0 Å². The van der Waals surface area contributed by atoms with Gasteiger partial charge in [-0.15, -0.1) is 5.10 Å². The third-order valence-electron chi connectivity index (χ3n) is 2.48. The highest BCUT2D eigenvalue weighted by Gasteiger charge is 2.07. The number of anilines is 1. The van der Waals surface area contributed by atoms with Crippen LogP contribution in [0.15, 0.2) is 24.3 Å². The fraction of sp³-hybridized carbons (Fsp3) is 0.385. The molecule has 0 aliphatic heterocycles. The van der Waals surface area contributed by atoms with Crippen molar-refractivity contribution in [2.75, 3.05) is 19.0 Å². The monoisotopic (exact) mass is 279 g/mol. The average Bonchev–Trinajstić information content (AvgIpc) is 2.85. The molecular formula is C13H17N3O2S. The van der Waals surface area contributed by atoms with Gasteiger partial charge in [0.15, 0.2) is 0 Å². The molecule has 0 saturated carbocycles. The van der Waals surface area contributed by atoms with Crippen molar-refractivity contribution in [2.45, 2.75) is 20.1 Å². The van der Waals surface area contributed by atoms with Gasteiger partial charge >= 0.3 is 0 Å². The summed E-state index contributed by atoms with van der Waals surface area (Å²) in [6.07, 6.45) is 0. The summed E-state index contributed by atoms with van der Waals surface area (Å²) >= 11 is 1.35. The summed E-state index contributed by atoms with van der Waals surface area (Å²) in [5.41, 5.74) is 1.92. The molecule has 0 amide bonds. The molecule has 19 heavy (non-hydrogen) atoms. The lowest BCUT2D eigenvalue weighted by atomic mass is 10.2. The molecule has 0 aliphatic rings. The van der Waals surface area contributed by atoms with Gasteiger partial charge in [-0.3, -0.25) is 0 Å². The molecule has 1 aromatic heterocycles. The minimum atomic E-state index is 0.412. The van der Waals surface area contributed by atoms with E-state index in [2.05, 4.69) is 14.9 Å². The van der Waals surface area contributed by atoms with Gasteiger partial charge in [0, 0.05) is 25.2 Å². The molecule has 0 bridgehead atoms. The molecule has 5 nitrogen and oxygen atoms in total. The van der Waals surface area contributed by atoms with E-state index in [4.69, 9.17) is 9.47 Å². The maximum atomic E-state index is 5.73. The standard InChI is InChI=1S/C13H17N3O2S/c1-3-14-13-12(15-16-19-13)9-18-11-6-4-5-10(7-11)8-17-2/h4-7,14H,3,8-9H2,1-2H3. The first-order valence-electron chi connectivity index (χ1n) is 6.09. The summed E-state index contributed by atoms with van der Waals surface area (Å²) in [4.78, 5) is 0. The minimum Gasteiger partial charge on any atom is -0.487 e. The summed E-state index contributed by atoms with van der Waals surface area (Å²) in [7, 11) is 1.68. The van der Waals surface area contributed by atoms with Gasteiger partial charge in [0.05, 0.1) is 6.61 Å². The van der Waals surface area contributed by atoms with E-state index >= 15 is 0 Å². The molecule has 0 saturated heterocycles. The molecule has 0 unspecified atom stereocenters. The summed E-state index contributed by atoms with van der Waals surface area (Å²) in [5, 5.41) is 8.25. The third kappa shape index (κ3) is 3.90. The van der Waals surface area contributed by atoms with E-state index in [1.54, 1.807) is 7.11 Å². The molecule has 0 radical (unpaired) electrons. The summed E-state index contributed by atoms with van der Waals surface area (Å²) < 4.78 is 14.8. The highest BCUT2D eigenvalue weighted by molar-refractivity contribution is 7.10. The first kappa shape index (κ1) is 13.8. The Bertz CT molecular complexity index is 516. The number of methoxy groups -OCH3 is 1. The SMILES string of the molecule is CCNc1snnc1COc1cccc(COC)c1. The lowest BCUT2D eigenvalue weighted by molar-refractivity contribution is 0.184. The number of nitrogens with zero attached hydrogens (tertiary/aromatic N) is 2. The molecular weight excluding hydrogens is 262 g/mol. The summed E-state index contributed by atoms with van der Waals surface area (Å²) in [6, 6.07) is 7.85. The molecule has 2 aromatic rings. The van der Waals surface area contributed by atoms with Crippen LogP contribution >= 0.6 is 11.5 Å². The fourth-order valence-electron chi connectivity index (χ4n) is 1.64. The Labute approximate surface area is 116 Å². The van der Waals surface area contributed by atoms with E-state index in [1.807, 2.05) is 31.2 Å². The van der Waals surface area contributed by atoms with E-state index in [0.29, 0.717) is 13.2 Å². The predicted octanol–water partition coefficient (Wildman–Crippen LogP) is 2.70. The smallest absolute Gasteiger partial charge is 0.136 e. The van der Waals surface area contributed by atoms with Gasteiger partial charge in [-0.1, -0.05) is 16.6 Å². The van der Waals surface area contributed by atoms with E-state index in [9.17, 15) is 0 Å². The largest absolute Gasteiger partial charge is 0.487 e. The van der Waals surface area contributed by atoms with Crippen LogP contribution in [0.4, 0.5) is 5.00 Å². The van der Waals surface area contributed by atoms with Crippen molar-refractivity contribution in [3.63, 3.8) is 0 Å². The normalized spacial score (nSPS) is 10.4. The van der Waals surface area contributed by atoms with Crippen molar-refractivity contribution in [2.24, 2.45) is 0 Å². The number of hydrogen-bond donors (Lipinski definition) is 1. The second-order valence-corrected chi connectivity index (χ2v) is 4.70. The number of ether oxygens (including phenoxy) is 2. The van der Waals surface area contributed by atoms with E-state index < -0.39 is 0 Å². The minimum absolute atomic E-state index is 0.412. The van der Waals surface area contributed by atoms with Crippen LogP contribution in [-0.2, 0) is 18.0 Å². The van der Waals surface area contributed by atoms with Crippen molar-refractivity contribution in [1.29, 1.82) is 0 Å². The fourth-order valence-corrected chi connectivity index (χ4v) is 2.28. The van der Waals surface area contributed by atoms with Crippen LogP contribution in [-0.4, -0.2) is 23.2 Å². The van der Waals surface area contributed by atoms with Crippen LogP contribution < -0.4 is 10.1 Å². The molecule has 0 spiro atoms. The topological polar surface area (TPSA) is 56.3 Å². The van der Waals surface area contributed by atoms with Crippen LogP contribution in [0.2, 0.25) is 0 Å². The molecule has 0 fully saturated rings. The zero-order valence-corrected chi connectivity index (χ0v) is 11.9. The highest BCUT2D eigenvalue weighted by atomic mass is 32.1. The van der Waals surface area contributed by atoms with Crippen molar-refractivity contribution in [1.82, 2.24) is 9.59 Å². The van der Waals surface area contributed by atoms with Crippen molar-refractivity contribution >= 4 is 16.5 Å². The van der Waals surface area contributed by atoms with Gasteiger partial charge < -0.3 is 14.8 Å².